The maximum atomic E-state index is 5.61. The van der Waals surface area contributed by atoms with E-state index in [4.69, 9.17) is 14.2 Å². The van der Waals surface area contributed by atoms with E-state index in [0.29, 0.717) is 18.4 Å². The molecule has 0 aromatic carbocycles. The molecule has 0 bridgehead atoms. The molecule has 0 aliphatic rings. The van der Waals surface area contributed by atoms with E-state index < -0.39 is 0 Å². The standard InChI is InChI=1S/C11H17NO3/c1-8-5-6-10(14-4)12-11(8)15-9(2)7-13-3/h5-6,9H,7H2,1-4H3. The molecule has 1 aromatic heterocycles. The molecule has 1 unspecified atom stereocenters. The summed E-state index contributed by atoms with van der Waals surface area (Å²) in [5.74, 6) is 1.15. The van der Waals surface area contributed by atoms with Crippen molar-refractivity contribution in [2.75, 3.05) is 20.8 Å². The van der Waals surface area contributed by atoms with Gasteiger partial charge in [-0.05, 0) is 19.9 Å². The van der Waals surface area contributed by atoms with E-state index in [2.05, 4.69) is 4.98 Å². The number of ether oxygens (including phenoxy) is 3. The minimum atomic E-state index is -0.0201. The van der Waals surface area contributed by atoms with Crippen molar-refractivity contribution >= 4 is 0 Å². The molecule has 1 aromatic rings. The molecule has 1 rings (SSSR count). The molecule has 0 aliphatic heterocycles. The molecule has 0 radical (unpaired) electrons. The Morgan fingerprint density at radius 3 is 2.67 bits per heavy atom. The van der Waals surface area contributed by atoms with Crippen LogP contribution in [0.3, 0.4) is 0 Å². The van der Waals surface area contributed by atoms with Crippen LogP contribution in [0.5, 0.6) is 11.8 Å². The number of pyridine rings is 1. The quantitative estimate of drug-likeness (QED) is 0.744. The highest BCUT2D eigenvalue weighted by molar-refractivity contribution is 5.29. The van der Waals surface area contributed by atoms with Gasteiger partial charge in [-0.15, -0.1) is 0 Å². The molecule has 0 fully saturated rings. The minimum Gasteiger partial charge on any atom is -0.481 e. The van der Waals surface area contributed by atoms with Crippen molar-refractivity contribution in [1.82, 2.24) is 4.98 Å². The molecule has 15 heavy (non-hydrogen) atoms. The van der Waals surface area contributed by atoms with Crippen molar-refractivity contribution in [1.29, 1.82) is 0 Å². The fourth-order valence-electron chi connectivity index (χ4n) is 1.19. The molecule has 0 spiro atoms. The van der Waals surface area contributed by atoms with Crippen LogP contribution in [-0.2, 0) is 4.74 Å². The van der Waals surface area contributed by atoms with E-state index in [1.54, 1.807) is 14.2 Å². The van der Waals surface area contributed by atoms with Gasteiger partial charge in [0.15, 0.2) is 0 Å². The zero-order valence-corrected chi connectivity index (χ0v) is 9.61. The van der Waals surface area contributed by atoms with Crippen LogP contribution in [0, 0.1) is 6.92 Å². The van der Waals surface area contributed by atoms with Gasteiger partial charge in [0.05, 0.1) is 13.7 Å². The van der Waals surface area contributed by atoms with Crippen molar-refractivity contribution in [3.8, 4) is 11.8 Å². The molecular weight excluding hydrogens is 194 g/mol. The SMILES string of the molecule is COCC(C)Oc1nc(OC)ccc1C. The van der Waals surface area contributed by atoms with E-state index in [0.717, 1.165) is 5.56 Å². The Kier molecular flexibility index (Phi) is 4.37. The third kappa shape index (κ3) is 3.40. The van der Waals surface area contributed by atoms with E-state index >= 15 is 0 Å². The van der Waals surface area contributed by atoms with Gasteiger partial charge < -0.3 is 14.2 Å². The highest BCUT2D eigenvalue weighted by atomic mass is 16.5. The van der Waals surface area contributed by atoms with Crippen LogP contribution in [0.2, 0.25) is 0 Å². The van der Waals surface area contributed by atoms with Crippen molar-refractivity contribution in [2.24, 2.45) is 0 Å². The van der Waals surface area contributed by atoms with Gasteiger partial charge in [-0.2, -0.15) is 4.98 Å². The maximum absolute atomic E-state index is 5.61. The molecular formula is C11H17NO3. The predicted molar refractivity (Wildman–Crippen MR) is 57.5 cm³/mol. The Hall–Kier alpha value is -1.29. The van der Waals surface area contributed by atoms with E-state index in [1.165, 1.54) is 0 Å². The summed E-state index contributed by atoms with van der Waals surface area (Å²) < 4.78 is 15.6. The molecule has 84 valence electrons. The van der Waals surface area contributed by atoms with Crippen molar-refractivity contribution in [3.05, 3.63) is 17.7 Å². The average Bonchev–Trinajstić information content (AvgIpc) is 2.21. The first kappa shape index (κ1) is 11.8. The summed E-state index contributed by atoms with van der Waals surface area (Å²) >= 11 is 0. The summed E-state index contributed by atoms with van der Waals surface area (Å²) in [6.07, 6.45) is -0.0201. The molecule has 0 N–H and O–H groups in total. The lowest BCUT2D eigenvalue weighted by atomic mass is 10.3. The number of methoxy groups -OCH3 is 2. The molecule has 0 saturated heterocycles. The number of hydrogen-bond acceptors (Lipinski definition) is 4. The van der Waals surface area contributed by atoms with Crippen molar-refractivity contribution < 1.29 is 14.2 Å². The van der Waals surface area contributed by atoms with E-state index in [-0.39, 0.29) is 6.10 Å². The van der Waals surface area contributed by atoms with Crippen LogP contribution in [0.4, 0.5) is 0 Å². The van der Waals surface area contributed by atoms with Crippen LogP contribution in [0.1, 0.15) is 12.5 Å². The summed E-state index contributed by atoms with van der Waals surface area (Å²) in [7, 11) is 3.23. The van der Waals surface area contributed by atoms with E-state index in [9.17, 15) is 0 Å². The fraction of sp³-hybridized carbons (Fsp3) is 0.545. The number of aromatic nitrogens is 1. The normalized spacial score (nSPS) is 12.3. The molecule has 0 saturated carbocycles. The second kappa shape index (κ2) is 5.56. The van der Waals surface area contributed by atoms with Gasteiger partial charge in [0.1, 0.15) is 6.10 Å². The molecule has 1 heterocycles. The summed E-state index contributed by atoms with van der Waals surface area (Å²) in [6.45, 7) is 4.42. The first-order valence-electron chi connectivity index (χ1n) is 4.84. The Morgan fingerprint density at radius 2 is 2.07 bits per heavy atom. The highest BCUT2D eigenvalue weighted by Crippen LogP contribution is 2.19. The lowest BCUT2D eigenvalue weighted by Crippen LogP contribution is -2.19. The van der Waals surface area contributed by atoms with Crippen LogP contribution in [0.15, 0.2) is 12.1 Å². The van der Waals surface area contributed by atoms with Crippen LogP contribution >= 0.6 is 0 Å². The monoisotopic (exact) mass is 211 g/mol. The summed E-state index contributed by atoms with van der Waals surface area (Å²) in [6, 6.07) is 3.73. The third-order valence-corrected chi connectivity index (χ3v) is 1.95. The van der Waals surface area contributed by atoms with Crippen molar-refractivity contribution in [3.63, 3.8) is 0 Å². The molecule has 4 heteroatoms. The summed E-state index contributed by atoms with van der Waals surface area (Å²) in [4.78, 5) is 4.21. The van der Waals surface area contributed by atoms with Gasteiger partial charge in [-0.25, -0.2) is 0 Å². The first-order chi connectivity index (χ1) is 7.17. The Labute approximate surface area is 90.2 Å². The summed E-state index contributed by atoms with van der Waals surface area (Å²) in [5.41, 5.74) is 0.985. The van der Waals surface area contributed by atoms with Crippen molar-refractivity contribution in [2.45, 2.75) is 20.0 Å². The summed E-state index contributed by atoms with van der Waals surface area (Å²) in [5, 5.41) is 0. The number of hydrogen-bond donors (Lipinski definition) is 0. The predicted octanol–water partition coefficient (Wildman–Crippen LogP) is 1.81. The van der Waals surface area contributed by atoms with Gasteiger partial charge in [0.2, 0.25) is 11.8 Å². The molecule has 1 atom stereocenters. The van der Waals surface area contributed by atoms with Crippen LogP contribution < -0.4 is 9.47 Å². The third-order valence-electron chi connectivity index (χ3n) is 1.95. The van der Waals surface area contributed by atoms with Gasteiger partial charge in [-0.3, -0.25) is 0 Å². The van der Waals surface area contributed by atoms with Crippen LogP contribution in [0.25, 0.3) is 0 Å². The maximum Gasteiger partial charge on any atom is 0.219 e. The second-order valence-electron chi connectivity index (χ2n) is 3.36. The van der Waals surface area contributed by atoms with E-state index in [1.807, 2.05) is 26.0 Å². The average molecular weight is 211 g/mol. The first-order valence-corrected chi connectivity index (χ1v) is 4.84. The zero-order chi connectivity index (χ0) is 11.3. The number of aryl methyl sites for hydroxylation is 1. The molecule has 0 amide bonds. The minimum absolute atomic E-state index is 0.0201. The lowest BCUT2D eigenvalue weighted by molar-refractivity contribution is 0.0880. The zero-order valence-electron chi connectivity index (χ0n) is 9.61. The van der Waals surface area contributed by atoms with Gasteiger partial charge in [0, 0.05) is 18.7 Å². The van der Waals surface area contributed by atoms with Crippen LogP contribution in [-0.4, -0.2) is 31.9 Å². The Balaban J connectivity index is 2.74. The largest absolute Gasteiger partial charge is 0.481 e. The topological polar surface area (TPSA) is 40.6 Å². The Morgan fingerprint density at radius 1 is 1.33 bits per heavy atom. The van der Waals surface area contributed by atoms with Gasteiger partial charge >= 0.3 is 0 Å². The fourth-order valence-corrected chi connectivity index (χ4v) is 1.19. The highest BCUT2D eigenvalue weighted by Gasteiger charge is 2.08. The smallest absolute Gasteiger partial charge is 0.219 e. The second-order valence-corrected chi connectivity index (χ2v) is 3.36. The van der Waals surface area contributed by atoms with Gasteiger partial charge in [-0.1, -0.05) is 0 Å². The van der Waals surface area contributed by atoms with Gasteiger partial charge in [0.25, 0.3) is 0 Å². The molecule has 4 nitrogen and oxygen atoms in total. The number of rotatable bonds is 5. The lowest BCUT2D eigenvalue weighted by Gasteiger charge is -2.14. The number of nitrogens with zero attached hydrogens (tertiary/aromatic N) is 1. The Bertz CT molecular complexity index is 315. The molecule has 0 aliphatic carbocycles.